The molecule has 0 radical (unpaired) electrons. The van der Waals surface area contributed by atoms with Crippen molar-refractivity contribution in [3.8, 4) is 0 Å². The Bertz CT molecular complexity index is 1010. The largest absolute Gasteiger partial charge is 0.355 e. The summed E-state index contributed by atoms with van der Waals surface area (Å²) >= 11 is 6.23. The van der Waals surface area contributed by atoms with Crippen LogP contribution in [0.15, 0.2) is 48.5 Å². The van der Waals surface area contributed by atoms with Crippen LogP contribution in [0.25, 0.3) is 10.9 Å². The van der Waals surface area contributed by atoms with Crippen LogP contribution in [0.3, 0.4) is 0 Å². The highest BCUT2D eigenvalue weighted by molar-refractivity contribution is 6.31. The first-order chi connectivity index (χ1) is 15.0. The summed E-state index contributed by atoms with van der Waals surface area (Å²) in [5, 5.41) is 4.67. The molecule has 0 saturated heterocycles. The third-order valence-corrected chi connectivity index (χ3v) is 5.68. The molecule has 0 bridgehead atoms. The summed E-state index contributed by atoms with van der Waals surface area (Å²) in [4.78, 5) is 24.2. The van der Waals surface area contributed by atoms with Crippen molar-refractivity contribution < 1.29 is 4.79 Å². The Kier molecular flexibility index (Phi) is 8.24. The predicted molar refractivity (Wildman–Crippen MR) is 129 cm³/mol. The molecule has 0 aliphatic heterocycles. The lowest BCUT2D eigenvalue weighted by molar-refractivity contribution is -0.121. The second kappa shape index (κ2) is 11.1. The summed E-state index contributed by atoms with van der Waals surface area (Å²) in [7, 11) is 0. The van der Waals surface area contributed by atoms with Crippen LogP contribution in [-0.4, -0.2) is 35.0 Å². The fraction of sp³-hybridized carbons (Fsp3) is 0.400. The first-order valence-corrected chi connectivity index (χ1v) is 11.4. The molecule has 6 heteroatoms. The van der Waals surface area contributed by atoms with E-state index in [2.05, 4.69) is 46.4 Å². The van der Waals surface area contributed by atoms with Crippen molar-refractivity contribution in [1.82, 2.24) is 15.3 Å². The molecule has 3 rings (SSSR count). The van der Waals surface area contributed by atoms with Crippen LogP contribution in [0.2, 0.25) is 5.02 Å². The Morgan fingerprint density at radius 1 is 1.10 bits per heavy atom. The highest BCUT2D eigenvalue weighted by atomic mass is 35.5. The van der Waals surface area contributed by atoms with Gasteiger partial charge in [-0.2, -0.15) is 0 Å². The number of carbonyl (C=O) groups is 1. The van der Waals surface area contributed by atoms with Crippen molar-refractivity contribution in [3.63, 3.8) is 0 Å². The summed E-state index contributed by atoms with van der Waals surface area (Å²) in [6.45, 7) is 7.50. The smallest absolute Gasteiger partial charge is 0.221 e. The Morgan fingerprint density at radius 2 is 1.87 bits per heavy atom. The molecule has 0 spiro atoms. The number of nitrogens with zero attached hydrogens (tertiary/aromatic N) is 3. The summed E-state index contributed by atoms with van der Waals surface area (Å²) in [6.07, 6.45) is 2.94. The number of benzene rings is 2. The van der Waals surface area contributed by atoms with E-state index in [0.717, 1.165) is 48.4 Å². The molecule has 2 aromatic carbocycles. The number of nitrogens with one attached hydrogen (secondary N) is 1. The van der Waals surface area contributed by atoms with Crippen molar-refractivity contribution in [3.05, 3.63) is 64.9 Å². The van der Waals surface area contributed by atoms with Gasteiger partial charge >= 0.3 is 0 Å². The number of rotatable bonds is 10. The highest BCUT2D eigenvalue weighted by Gasteiger charge is 2.17. The Hall–Kier alpha value is -2.66. The van der Waals surface area contributed by atoms with Gasteiger partial charge in [0.05, 0.1) is 5.52 Å². The number of aryl methyl sites for hydroxylation is 1. The SMILES string of the molecule is CCc1nc(N(CCC(=O)NC(C)CC)CCc2ccccc2)c2ccc(Cl)cc2n1. The van der Waals surface area contributed by atoms with E-state index in [1.165, 1.54) is 5.56 Å². The predicted octanol–water partition coefficient (Wildman–Crippen LogP) is 5.20. The van der Waals surface area contributed by atoms with E-state index < -0.39 is 0 Å². The van der Waals surface area contributed by atoms with Crippen LogP contribution >= 0.6 is 11.6 Å². The number of amides is 1. The standard InChI is InChI=1S/C25H31ClN4O/c1-4-18(3)27-24(31)14-16-30(15-13-19-9-7-6-8-10-19)25-21-12-11-20(26)17-22(21)28-23(5-2)29-25/h6-12,17-18H,4-5,13-16H2,1-3H3,(H,27,31). The maximum Gasteiger partial charge on any atom is 0.221 e. The van der Waals surface area contributed by atoms with Crippen LogP contribution in [0.5, 0.6) is 0 Å². The molecular weight excluding hydrogens is 408 g/mol. The molecule has 31 heavy (non-hydrogen) atoms. The van der Waals surface area contributed by atoms with Crippen molar-refractivity contribution in [2.45, 2.75) is 52.5 Å². The number of anilines is 1. The maximum atomic E-state index is 12.5. The van der Waals surface area contributed by atoms with Gasteiger partial charge in [0.25, 0.3) is 0 Å². The van der Waals surface area contributed by atoms with E-state index in [-0.39, 0.29) is 11.9 Å². The van der Waals surface area contributed by atoms with E-state index in [0.29, 0.717) is 18.0 Å². The molecular formula is C25H31ClN4O. The van der Waals surface area contributed by atoms with Gasteiger partial charge in [-0.1, -0.05) is 55.8 Å². The highest BCUT2D eigenvalue weighted by Crippen LogP contribution is 2.27. The Labute approximate surface area is 189 Å². The quantitative estimate of drug-likeness (QED) is 0.472. The van der Waals surface area contributed by atoms with E-state index in [1.54, 1.807) is 0 Å². The number of hydrogen-bond donors (Lipinski definition) is 1. The van der Waals surface area contributed by atoms with Gasteiger partial charge in [0.15, 0.2) is 0 Å². The van der Waals surface area contributed by atoms with Crippen molar-refractivity contribution >= 4 is 34.2 Å². The van der Waals surface area contributed by atoms with Gasteiger partial charge in [0.2, 0.25) is 5.91 Å². The Balaban J connectivity index is 1.90. The third kappa shape index (κ3) is 6.41. The fourth-order valence-electron chi connectivity index (χ4n) is 3.45. The average molecular weight is 439 g/mol. The molecule has 1 aromatic heterocycles. The number of halogens is 1. The van der Waals surface area contributed by atoms with Crippen molar-refractivity contribution in [2.75, 3.05) is 18.0 Å². The van der Waals surface area contributed by atoms with Gasteiger partial charge in [0.1, 0.15) is 11.6 Å². The van der Waals surface area contributed by atoms with Gasteiger partial charge in [-0.25, -0.2) is 9.97 Å². The monoisotopic (exact) mass is 438 g/mol. The minimum absolute atomic E-state index is 0.0659. The van der Waals surface area contributed by atoms with Crippen molar-refractivity contribution in [1.29, 1.82) is 0 Å². The van der Waals surface area contributed by atoms with E-state index >= 15 is 0 Å². The summed E-state index contributed by atoms with van der Waals surface area (Å²) in [6, 6.07) is 16.3. The second-order valence-corrected chi connectivity index (χ2v) is 8.26. The zero-order valence-corrected chi connectivity index (χ0v) is 19.3. The molecule has 0 saturated carbocycles. The van der Waals surface area contributed by atoms with Crippen LogP contribution in [0.1, 0.15) is 45.0 Å². The lowest BCUT2D eigenvalue weighted by Gasteiger charge is -2.26. The first-order valence-electron chi connectivity index (χ1n) is 11.0. The number of aromatic nitrogens is 2. The molecule has 1 unspecified atom stereocenters. The normalized spacial score (nSPS) is 12.0. The topological polar surface area (TPSA) is 58.1 Å². The van der Waals surface area contributed by atoms with Crippen LogP contribution in [0.4, 0.5) is 5.82 Å². The molecule has 1 amide bonds. The van der Waals surface area contributed by atoms with Crippen LogP contribution in [0, 0.1) is 0 Å². The van der Waals surface area contributed by atoms with Crippen molar-refractivity contribution in [2.24, 2.45) is 0 Å². The van der Waals surface area contributed by atoms with Crippen LogP contribution in [-0.2, 0) is 17.6 Å². The molecule has 5 nitrogen and oxygen atoms in total. The van der Waals surface area contributed by atoms with Gasteiger partial charge in [-0.15, -0.1) is 0 Å². The van der Waals surface area contributed by atoms with Crippen LogP contribution < -0.4 is 10.2 Å². The lowest BCUT2D eigenvalue weighted by Crippen LogP contribution is -2.36. The summed E-state index contributed by atoms with van der Waals surface area (Å²) in [5.41, 5.74) is 2.09. The zero-order valence-electron chi connectivity index (χ0n) is 18.6. The second-order valence-electron chi connectivity index (χ2n) is 7.83. The summed E-state index contributed by atoms with van der Waals surface area (Å²) in [5.74, 6) is 1.71. The molecule has 164 valence electrons. The molecule has 3 aromatic rings. The maximum absolute atomic E-state index is 12.5. The first kappa shape index (κ1) is 23.0. The zero-order chi connectivity index (χ0) is 22.2. The molecule has 1 heterocycles. The molecule has 1 atom stereocenters. The van der Waals surface area contributed by atoms with Gasteiger partial charge < -0.3 is 10.2 Å². The third-order valence-electron chi connectivity index (χ3n) is 5.44. The Morgan fingerprint density at radius 3 is 2.58 bits per heavy atom. The van der Waals surface area contributed by atoms with E-state index in [9.17, 15) is 4.79 Å². The number of fused-ring (bicyclic) bond motifs is 1. The van der Waals surface area contributed by atoms with Gasteiger partial charge in [0, 0.05) is 42.4 Å². The van der Waals surface area contributed by atoms with Gasteiger partial charge in [-0.05, 0) is 43.5 Å². The van der Waals surface area contributed by atoms with Gasteiger partial charge in [-0.3, -0.25) is 4.79 Å². The summed E-state index contributed by atoms with van der Waals surface area (Å²) < 4.78 is 0. The minimum Gasteiger partial charge on any atom is -0.355 e. The minimum atomic E-state index is 0.0659. The number of hydrogen-bond acceptors (Lipinski definition) is 4. The average Bonchev–Trinajstić information content (AvgIpc) is 2.78. The van der Waals surface area contributed by atoms with E-state index in [1.807, 2.05) is 38.1 Å². The lowest BCUT2D eigenvalue weighted by atomic mass is 10.1. The molecule has 0 fully saturated rings. The fourth-order valence-corrected chi connectivity index (χ4v) is 3.62. The molecule has 0 aliphatic rings. The molecule has 0 aliphatic carbocycles. The number of carbonyl (C=O) groups excluding carboxylic acids is 1. The molecule has 1 N–H and O–H groups in total. The van der Waals surface area contributed by atoms with E-state index in [4.69, 9.17) is 16.6 Å².